The van der Waals surface area contributed by atoms with Crippen molar-refractivity contribution < 1.29 is 66.0 Å². The molecule has 0 saturated heterocycles. The minimum Gasteiger partial charge on any atom is -0.546 e. The van der Waals surface area contributed by atoms with E-state index in [0.717, 1.165) is 12.8 Å². The molecule has 0 heterocycles. The molecule has 0 unspecified atom stereocenters. The molecule has 0 N–H and O–H groups in total. The maximum Gasteiger partial charge on any atom is 1.00 e. The summed E-state index contributed by atoms with van der Waals surface area (Å²) in [6.45, 7) is 1.72. The van der Waals surface area contributed by atoms with E-state index in [0.29, 0.717) is 5.75 Å². The van der Waals surface area contributed by atoms with Gasteiger partial charge >= 0.3 is 51.4 Å². The molecule has 0 radical (unpaired) electrons. The van der Waals surface area contributed by atoms with Crippen LogP contribution in [0.15, 0.2) is 24.3 Å². The molecule has 76 valence electrons. The zero-order valence-corrected chi connectivity index (χ0v) is 12.3. The minimum atomic E-state index is -1.21. The summed E-state index contributed by atoms with van der Waals surface area (Å²) in [4.78, 5) is 10.1. The van der Waals surface area contributed by atoms with E-state index in [2.05, 4.69) is 6.92 Å². The Morgan fingerprint density at radius 3 is 2.40 bits per heavy atom. The van der Waals surface area contributed by atoms with Gasteiger partial charge in [-0.15, -0.1) is 0 Å². The standard InChI is InChI=1S/C11H14O3.K/c1-2-3-9-4-6-10(7-5-9)14-8-11(12)13;/h4-7H,2-3,8H2,1H3,(H,12,13);/q;+1/p-1. The van der Waals surface area contributed by atoms with Crippen LogP contribution >= 0.6 is 0 Å². The van der Waals surface area contributed by atoms with Crippen LogP contribution in [0.25, 0.3) is 0 Å². The third-order valence-corrected chi connectivity index (χ3v) is 1.82. The predicted molar refractivity (Wildman–Crippen MR) is 50.9 cm³/mol. The summed E-state index contributed by atoms with van der Waals surface area (Å²) in [5.41, 5.74) is 1.23. The van der Waals surface area contributed by atoms with Crippen molar-refractivity contribution >= 4 is 5.97 Å². The van der Waals surface area contributed by atoms with Gasteiger partial charge in [-0.2, -0.15) is 0 Å². The third kappa shape index (κ3) is 6.32. The number of benzene rings is 1. The number of aryl methyl sites for hydroxylation is 1. The Morgan fingerprint density at radius 2 is 1.93 bits per heavy atom. The maximum atomic E-state index is 10.1. The number of hydrogen-bond acceptors (Lipinski definition) is 3. The van der Waals surface area contributed by atoms with E-state index in [4.69, 9.17) is 4.74 Å². The molecule has 1 aromatic carbocycles. The van der Waals surface area contributed by atoms with E-state index in [-0.39, 0.29) is 51.4 Å². The molecule has 0 atom stereocenters. The Kier molecular flexibility index (Phi) is 8.37. The molecule has 0 saturated carbocycles. The predicted octanol–water partition coefficient (Wildman–Crippen LogP) is -2.23. The third-order valence-electron chi connectivity index (χ3n) is 1.82. The second kappa shape index (κ2) is 8.30. The van der Waals surface area contributed by atoms with Crippen LogP contribution in [0.1, 0.15) is 18.9 Å². The van der Waals surface area contributed by atoms with Gasteiger partial charge < -0.3 is 14.6 Å². The normalized spacial score (nSPS) is 9.13. The van der Waals surface area contributed by atoms with Gasteiger partial charge in [0.15, 0.2) is 0 Å². The Hall–Kier alpha value is 0.126. The zero-order chi connectivity index (χ0) is 10.4. The number of rotatable bonds is 5. The van der Waals surface area contributed by atoms with Gasteiger partial charge in [-0.1, -0.05) is 25.5 Å². The number of carboxylic acid groups (broad SMARTS) is 1. The SMILES string of the molecule is CCCc1ccc(OCC(=O)[O-])cc1.[K+]. The summed E-state index contributed by atoms with van der Waals surface area (Å²) in [5.74, 6) is -0.642. The van der Waals surface area contributed by atoms with E-state index in [1.165, 1.54) is 5.56 Å². The monoisotopic (exact) mass is 232 g/mol. The Bertz CT molecular complexity index is 295. The molecule has 0 fully saturated rings. The van der Waals surface area contributed by atoms with Gasteiger partial charge in [0.1, 0.15) is 12.4 Å². The number of carbonyl (C=O) groups is 1. The van der Waals surface area contributed by atoms with Gasteiger partial charge in [0.2, 0.25) is 0 Å². The maximum absolute atomic E-state index is 10.1. The van der Waals surface area contributed by atoms with Crippen LogP contribution in [0.4, 0.5) is 0 Å². The molecular formula is C11H13KO3. The van der Waals surface area contributed by atoms with Crippen molar-refractivity contribution in [2.75, 3.05) is 6.61 Å². The molecule has 4 heteroatoms. The fraction of sp³-hybridized carbons (Fsp3) is 0.364. The van der Waals surface area contributed by atoms with Crippen LogP contribution in [0.5, 0.6) is 5.75 Å². The molecule has 0 bridgehead atoms. The van der Waals surface area contributed by atoms with Crippen molar-refractivity contribution in [1.29, 1.82) is 0 Å². The number of carboxylic acids is 1. The molecule has 0 spiro atoms. The molecule has 1 rings (SSSR count). The summed E-state index contributed by atoms with van der Waals surface area (Å²) in [7, 11) is 0. The zero-order valence-electron chi connectivity index (χ0n) is 9.16. The van der Waals surface area contributed by atoms with Crippen molar-refractivity contribution in [3.05, 3.63) is 29.8 Å². The first-order valence-electron chi connectivity index (χ1n) is 4.64. The van der Waals surface area contributed by atoms with Crippen LogP contribution in [0.2, 0.25) is 0 Å². The van der Waals surface area contributed by atoms with Crippen LogP contribution < -0.4 is 61.2 Å². The van der Waals surface area contributed by atoms with Crippen molar-refractivity contribution in [3.8, 4) is 5.75 Å². The van der Waals surface area contributed by atoms with Crippen molar-refractivity contribution in [2.24, 2.45) is 0 Å². The Morgan fingerprint density at radius 1 is 1.33 bits per heavy atom. The largest absolute Gasteiger partial charge is 1.00 e. The Labute approximate surface area is 132 Å². The summed E-state index contributed by atoms with van der Waals surface area (Å²) in [5, 5.41) is 10.1. The fourth-order valence-electron chi connectivity index (χ4n) is 1.18. The topological polar surface area (TPSA) is 49.4 Å². The molecular weight excluding hydrogens is 219 g/mol. The van der Waals surface area contributed by atoms with E-state index in [1.54, 1.807) is 12.1 Å². The molecule has 0 aliphatic heterocycles. The summed E-state index contributed by atoms with van der Waals surface area (Å²) in [6, 6.07) is 7.42. The Balaban J connectivity index is 0.00000196. The average molecular weight is 232 g/mol. The van der Waals surface area contributed by atoms with Gasteiger partial charge in [-0.3, -0.25) is 0 Å². The second-order valence-electron chi connectivity index (χ2n) is 3.05. The van der Waals surface area contributed by atoms with Crippen LogP contribution in [-0.2, 0) is 11.2 Å². The molecule has 0 aromatic heterocycles. The van der Waals surface area contributed by atoms with E-state index < -0.39 is 12.6 Å². The quantitative estimate of drug-likeness (QED) is 0.540. The second-order valence-corrected chi connectivity index (χ2v) is 3.05. The molecule has 0 aliphatic carbocycles. The van der Waals surface area contributed by atoms with E-state index in [1.807, 2.05) is 12.1 Å². The summed E-state index contributed by atoms with van der Waals surface area (Å²) in [6.07, 6.45) is 2.13. The molecule has 0 aliphatic rings. The fourth-order valence-corrected chi connectivity index (χ4v) is 1.18. The first-order chi connectivity index (χ1) is 6.72. The van der Waals surface area contributed by atoms with Crippen LogP contribution in [0, 0.1) is 0 Å². The molecule has 1 aromatic rings. The minimum absolute atomic E-state index is 0. The van der Waals surface area contributed by atoms with Crippen molar-refractivity contribution in [1.82, 2.24) is 0 Å². The van der Waals surface area contributed by atoms with Gasteiger partial charge in [0.25, 0.3) is 0 Å². The van der Waals surface area contributed by atoms with Gasteiger partial charge in [0, 0.05) is 0 Å². The number of aliphatic carboxylic acids is 1. The first kappa shape index (κ1) is 15.1. The average Bonchev–Trinajstić information content (AvgIpc) is 2.17. The smallest absolute Gasteiger partial charge is 0.546 e. The van der Waals surface area contributed by atoms with E-state index in [9.17, 15) is 9.90 Å². The summed E-state index contributed by atoms with van der Waals surface area (Å²) >= 11 is 0. The molecule has 3 nitrogen and oxygen atoms in total. The molecule has 15 heavy (non-hydrogen) atoms. The van der Waals surface area contributed by atoms with Crippen molar-refractivity contribution in [3.63, 3.8) is 0 Å². The number of ether oxygens (including phenoxy) is 1. The van der Waals surface area contributed by atoms with Crippen LogP contribution in [0.3, 0.4) is 0 Å². The van der Waals surface area contributed by atoms with E-state index >= 15 is 0 Å². The number of carbonyl (C=O) groups excluding carboxylic acids is 1. The summed E-state index contributed by atoms with van der Waals surface area (Å²) < 4.78 is 4.94. The van der Waals surface area contributed by atoms with Crippen LogP contribution in [-0.4, -0.2) is 12.6 Å². The first-order valence-corrected chi connectivity index (χ1v) is 4.64. The number of hydrogen-bond donors (Lipinski definition) is 0. The van der Waals surface area contributed by atoms with Gasteiger partial charge in [-0.05, 0) is 24.1 Å². The van der Waals surface area contributed by atoms with Gasteiger partial charge in [0.05, 0.1) is 5.97 Å². The van der Waals surface area contributed by atoms with Gasteiger partial charge in [-0.25, -0.2) is 0 Å². The molecule has 0 amide bonds. The van der Waals surface area contributed by atoms with Crippen molar-refractivity contribution in [2.45, 2.75) is 19.8 Å².